The number of nitrogens with zero attached hydrogens (tertiary/aromatic N) is 1. The number of hydrogen-bond acceptors (Lipinski definition) is 5. The molecule has 0 saturated heterocycles. The van der Waals surface area contributed by atoms with Gasteiger partial charge in [0.15, 0.2) is 11.5 Å². The van der Waals surface area contributed by atoms with Crippen molar-refractivity contribution in [3.05, 3.63) is 53.6 Å². The van der Waals surface area contributed by atoms with Gasteiger partial charge in [0.25, 0.3) is 5.91 Å². The number of nitrogens with one attached hydrogen (secondary N) is 1. The lowest BCUT2D eigenvalue weighted by Gasteiger charge is -2.30. The number of rotatable bonds is 6. The molecule has 2 aromatic rings. The largest absolute Gasteiger partial charge is 0.490 e. The summed E-state index contributed by atoms with van der Waals surface area (Å²) in [6.07, 6.45) is 5.91. The van der Waals surface area contributed by atoms with Gasteiger partial charge in [-0.25, -0.2) is 8.42 Å². The molecule has 0 spiro atoms. The standard InChI is InChI=1S/C25H32N2O5S/c1-18(20-11-14-23-24(17-20)32-16-6-15-31-23)26-25(28)19-9-12-22(13-10-19)33(29,30)27(2)21-7-4-3-5-8-21/h9-14,17-18,21H,3-8,15-16H2,1-2H3,(H,26,28). The molecule has 178 valence electrons. The summed E-state index contributed by atoms with van der Waals surface area (Å²) in [6.45, 7) is 3.12. The van der Waals surface area contributed by atoms with Gasteiger partial charge in [0, 0.05) is 25.1 Å². The van der Waals surface area contributed by atoms with E-state index in [1.807, 2.05) is 25.1 Å². The summed E-state index contributed by atoms with van der Waals surface area (Å²) in [5.41, 5.74) is 1.32. The highest BCUT2D eigenvalue weighted by atomic mass is 32.2. The van der Waals surface area contributed by atoms with E-state index in [1.165, 1.54) is 22.9 Å². The molecule has 2 aromatic carbocycles. The quantitative estimate of drug-likeness (QED) is 0.678. The Labute approximate surface area is 196 Å². The molecule has 1 unspecified atom stereocenters. The summed E-state index contributed by atoms with van der Waals surface area (Å²) in [5.74, 6) is 1.13. The first-order valence-electron chi connectivity index (χ1n) is 11.6. The first kappa shape index (κ1) is 23.6. The molecule has 1 atom stereocenters. The number of sulfonamides is 1. The van der Waals surface area contributed by atoms with Crippen molar-refractivity contribution in [2.45, 2.75) is 62.4 Å². The van der Waals surface area contributed by atoms with E-state index in [1.54, 1.807) is 19.2 Å². The number of ether oxygens (including phenoxy) is 2. The van der Waals surface area contributed by atoms with E-state index in [0.29, 0.717) is 30.3 Å². The highest BCUT2D eigenvalue weighted by molar-refractivity contribution is 7.89. The smallest absolute Gasteiger partial charge is 0.251 e. The minimum absolute atomic E-state index is 0.0443. The highest BCUT2D eigenvalue weighted by Crippen LogP contribution is 2.32. The predicted octanol–water partition coefficient (Wildman–Crippen LogP) is 4.29. The van der Waals surface area contributed by atoms with Crippen LogP contribution in [-0.2, 0) is 10.0 Å². The molecule has 8 heteroatoms. The van der Waals surface area contributed by atoms with Gasteiger partial charge in [-0.3, -0.25) is 4.79 Å². The van der Waals surface area contributed by atoms with Crippen molar-refractivity contribution in [2.75, 3.05) is 20.3 Å². The summed E-state index contributed by atoms with van der Waals surface area (Å²) >= 11 is 0. The van der Waals surface area contributed by atoms with Crippen LogP contribution in [0.1, 0.15) is 67.4 Å². The molecule has 1 fully saturated rings. The lowest BCUT2D eigenvalue weighted by atomic mass is 9.96. The minimum Gasteiger partial charge on any atom is -0.490 e. The Kier molecular flexibility index (Phi) is 7.24. The second-order valence-electron chi connectivity index (χ2n) is 8.79. The Balaban J connectivity index is 1.42. The third-order valence-corrected chi connectivity index (χ3v) is 8.43. The number of benzene rings is 2. The maximum atomic E-state index is 13.0. The topological polar surface area (TPSA) is 84.9 Å². The number of hydrogen-bond donors (Lipinski definition) is 1. The Morgan fingerprint density at radius 1 is 0.970 bits per heavy atom. The Hall–Kier alpha value is -2.58. The van der Waals surface area contributed by atoms with Gasteiger partial charge in [0.2, 0.25) is 10.0 Å². The maximum absolute atomic E-state index is 13.0. The lowest BCUT2D eigenvalue weighted by Crippen LogP contribution is -2.38. The SMILES string of the molecule is CC(NC(=O)c1ccc(S(=O)(=O)N(C)C2CCCCC2)cc1)c1ccc2c(c1)OCCCO2. The van der Waals surface area contributed by atoms with Crippen molar-refractivity contribution in [3.63, 3.8) is 0 Å². The molecule has 0 aromatic heterocycles. The molecule has 4 rings (SSSR count). The van der Waals surface area contributed by atoms with Gasteiger partial charge in [-0.15, -0.1) is 0 Å². The van der Waals surface area contributed by atoms with Gasteiger partial charge >= 0.3 is 0 Å². The van der Waals surface area contributed by atoms with E-state index in [4.69, 9.17) is 9.47 Å². The van der Waals surface area contributed by atoms with Gasteiger partial charge in [-0.2, -0.15) is 4.31 Å². The fourth-order valence-electron chi connectivity index (χ4n) is 4.40. The van der Waals surface area contributed by atoms with Crippen molar-refractivity contribution in [1.29, 1.82) is 0 Å². The third kappa shape index (κ3) is 5.33. The zero-order valence-corrected chi connectivity index (χ0v) is 20.1. The molecule has 0 radical (unpaired) electrons. The summed E-state index contributed by atoms with van der Waals surface area (Å²) in [6, 6.07) is 11.6. The van der Waals surface area contributed by atoms with Crippen molar-refractivity contribution in [1.82, 2.24) is 9.62 Å². The minimum atomic E-state index is -3.58. The van der Waals surface area contributed by atoms with Crippen LogP contribution >= 0.6 is 0 Å². The summed E-state index contributed by atoms with van der Waals surface area (Å²) in [4.78, 5) is 13.0. The van der Waals surface area contributed by atoms with E-state index < -0.39 is 10.0 Å². The fourth-order valence-corrected chi connectivity index (χ4v) is 5.81. The molecule has 2 aliphatic rings. The Bertz CT molecular complexity index is 1080. The van der Waals surface area contributed by atoms with Crippen LogP contribution in [-0.4, -0.2) is 44.9 Å². The molecule has 1 aliphatic heterocycles. The monoisotopic (exact) mass is 472 g/mol. The zero-order valence-electron chi connectivity index (χ0n) is 19.2. The fraction of sp³-hybridized carbons (Fsp3) is 0.480. The van der Waals surface area contributed by atoms with Crippen LogP contribution in [0.2, 0.25) is 0 Å². The van der Waals surface area contributed by atoms with E-state index in [2.05, 4.69) is 5.32 Å². The molecule has 1 heterocycles. The van der Waals surface area contributed by atoms with Gasteiger partial charge in [-0.1, -0.05) is 25.3 Å². The van der Waals surface area contributed by atoms with Crippen LogP contribution in [0, 0.1) is 0 Å². The number of carbonyl (C=O) groups is 1. The van der Waals surface area contributed by atoms with E-state index in [-0.39, 0.29) is 22.9 Å². The molecular formula is C25H32N2O5S. The normalized spacial score (nSPS) is 17.9. The van der Waals surface area contributed by atoms with Crippen molar-refractivity contribution in [2.24, 2.45) is 0 Å². The van der Waals surface area contributed by atoms with E-state index in [0.717, 1.165) is 37.7 Å². The second kappa shape index (κ2) is 10.1. The molecule has 1 aliphatic carbocycles. The van der Waals surface area contributed by atoms with E-state index in [9.17, 15) is 13.2 Å². The molecule has 0 bridgehead atoms. The molecule has 1 amide bonds. The third-order valence-electron chi connectivity index (χ3n) is 6.50. The number of carbonyl (C=O) groups excluding carboxylic acids is 1. The van der Waals surface area contributed by atoms with Crippen LogP contribution < -0.4 is 14.8 Å². The van der Waals surface area contributed by atoms with E-state index >= 15 is 0 Å². The summed E-state index contributed by atoms with van der Waals surface area (Å²) in [5, 5.41) is 2.97. The van der Waals surface area contributed by atoms with Crippen LogP contribution in [0.15, 0.2) is 47.4 Å². The summed E-state index contributed by atoms with van der Waals surface area (Å²) in [7, 11) is -1.93. The van der Waals surface area contributed by atoms with Gasteiger partial charge in [0.05, 0.1) is 24.2 Å². The number of fused-ring (bicyclic) bond motifs is 1. The molecule has 33 heavy (non-hydrogen) atoms. The van der Waals surface area contributed by atoms with Crippen LogP contribution in [0.4, 0.5) is 0 Å². The molecule has 1 N–H and O–H groups in total. The Morgan fingerprint density at radius 3 is 2.33 bits per heavy atom. The van der Waals surface area contributed by atoms with Crippen LogP contribution in [0.3, 0.4) is 0 Å². The van der Waals surface area contributed by atoms with Crippen LogP contribution in [0.5, 0.6) is 11.5 Å². The summed E-state index contributed by atoms with van der Waals surface area (Å²) < 4.78 is 38.9. The van der Waals surface area contributed by atoms with Gasteiger partial charge in [-0.05, 0) is 61.7 Å². The molecule has 7 nitrogen and oxygen atoms in total. The Morgan fingerprint density at radius 2 is 1.64 bits per heavy atom. The highest BCUT2D eigenvalue weighted by Gasteiger charge is 2.29. The first-order valence-corrected chi connectivity index (χ1v) is 13.1. The average molecular weight is 473 g/mol. The van der Waals surface area contributed by atoms with Crippen LogP contribution in [0.25, 0.3) is 0 Å². The molecular weight excluding hydrogens is 440 g/mol. The number of amides is 1. The first-order chi connectivity index (χ1) is 15.9. The van der Waals surface area contributed by atoms with Crippen molar-refractivity contribution < 1.29 is 22.7 Å². The maximum Gasteiger partial charge on any atom is 0.251 e. The second-order valence-corrected chi connectivity index (χ2v) is 10.8. The van der Waals surface area contributed by atoms with Gasteiger partial charge < -0.3 is 14.8 Å². The van der Waals surface area contributed by atoms with Crippen molar-refractivity contribution in [3.8, 4) is 11.5 Å². The lowest BCUT2D eigenvalue weighted by molar-refractivity contribution is 0.0939. The van der Waals surface area contributed by atoms with Crippen molar-refractivity contribution >= 4 is 15.9 Å². The zero-order chi connectivity index (χ0) is 23.4. The average Bonchev–Trinajstić information content (AvgIpc) is 3.09. The predicted molar refractivity (Wildman–Crippen MR) is 126 cm³/mol. The van der Waals surface area contributed by atoms with Gasteiger partial charge in [0.1, 0.15) is 0 Å². The molecule has 1 saturated carbocycles.